The summed E-state index contributed by atoms with van der Waals surface area (Å²) in [5.41, 5.74) is 8.18. The van der Waals surface area contributed by atoms with Gasteiger partial charge in [-0.2, -0.15) is 5.10 Å². The van der Waals surface area contributed by atoms with Gasteiger partial charge in [0.1, 0.15) is 17.5 Å². The van der Waals surface area contributed by atoms with Crippen LogP contribution in [0.5, 0.6) is 0 Å². The lowest BCUT2D eigenvalue weighted by atomic mass is 10.2. The Bertz CT molecular complexity index is 553. The van der Waals surface area contributed by atoms with Crippen LogP contribution >= 0.6 is 11.3 Å². The molecule has 1 aromatic carbocycles. The summed E-state index contributed by atoms with van der Waals surface area (Å²) in [5.74, 6) is -0.907. The topological polar surface area (TPSA) is 63.3 Å². The smallest absolute Gasteiger partial charge is 0.205 e. The second-order valence-electron chi connectivity index (χ2n) is 3.11. The van der Waals surface area contributed by atoms with Crippen molar-refractivity contribution in [3.05, 3.63) is 40.8 Å². The number of benzene rings is 1. The molecule has 0 radical (unpaired) electrons. The van der Waals surface area contributed by atoms with E-state index < -0.39 is 11.6 Å². The number of nitrogen functional groups attached to an aromatic ring is 1. The minimum Gasteiger partial charge on any atom is -0.383 e. The predicted molar refractivity (Wildman–Crippen MR) is 64.1 cm³/mol. The van der Waals surface area contributed by atoms with E-state index in [0.29, 0.717) is 10.9 Å². The largest absolute Gasteiger partial charge is 0.383 e. The second kappa shape index (κ2) is 4.88. The highest BCUT2D eigenvalue weighted by molar-refractivity contribution is 7.14. The van der Waals surface area contributed by atoms with Gasteiger partial charge in [-0.15, -0.1) is 11.3 Å². The first-order valence-electron chi connectivity index (χ1n) is 4.60. The molecule has 0 aliphatic rings. The average Bonchev–Trinajstić information content (AvgIpc) is 2.68. The first-order chi connectivity index (χ1) is 8.15. The molecule has 17 heavy (non-hydrogen) atoms. The van der Waals surface area contributed by atoms with Crippen LogP contribution in [0, 0.1) is 11.6 Å². The van der Waals surface area contributed by atoms with Gasteiger partial charge >= 0.3 is 0 Å². The molecule has 0 spiro atoms. The molecule has 3 N–H and O–H groups in total. The van der Waals surface area contributed by atoms with Crippen LogP contribution in [0.3, 0.4) is 0 Å². The number of thiazole rings is 1. The summed E-state index contributed by atoms with van der Waals surface area (Å²) in [7, 11) is 0. The number of rotatable bonds is 3. The van der Waals surface area contributed by atoms with Crippen molar-refractivity contribution in [1.82, 2.24) is 4.98 Å². The Morgan fingerprint density at radius 3 is 2.88 bits per heavy atom. The first-order valence-corrected chi connectivity index (χ1v) is 5.48. The normalized spacial score (nSPS) is 10.9. The summed E-state index contributed by atoms with van der Waals surface area (Å²) in [5, 5.41) is 5.92. The maximum Gasteiger partial charge on any atom is 0.205 e. The summed E-state index contributed by atoms with van der Waals surface area (Å²) < 4.78 is 25.8. The molecule has 0 amide bonds. The van der Waals surface area contributed by atoms with E-state index in [9.17, 15) is 8.78 Å². The van der Waals surface area contributed by atoms with Gasteiger partial charge in [-0.25, -0.2) is 13.8 Å². The molecular weight excluding hydrogens is 246 g/mol. The number of nitrogens with one attached hydrogen (secondary N) is 1. The second-order valence-corrected chi connectivity index (χ2v) is 3.97. The Kier molecular flexibility index (Phi) is 3.29. The molecule has 2 aromatic rings. The average molecular weight is 254 g/mol. The van der Waals surface area contributed by atoms with Crippen molar-refractivity contribution in [3.8, 4) is 0 Å². The first kappa shape index (κ1) is 11.5. The summed E-state index contributed by atoms with van der Waals surface area (Å²) in [6, 6.07) is 3.25. The monoisotopic (exact) mass is 254 g/mol. The van der Waals surface area contributed by atoms with Crippen LogP contribution in [0.1, 0.15) is 5.56 Å². The molecule has 7 heteroatoms. The molecule has 0 bridgehead atoms. The molecule has 0 fully saturated rings. The van der Waals surface area contributed by atoms with Gasteiger partial charge in [0.25, 0.3) is 0 Å². The van der Waals surface area contributed by atoms with Gasteiger partial charge in [-0.1, -0.05) is 0 Å². The van der Waals surface area contributed by atoms with Crippen molar-refractivity contribution < 1.29 is 8.78 Å². The zero-order valence-corrected chi connectivity index (χ0v) is 9.34. The van der Waals surface area contributed by atoms with Crippen molar-refractivity contribution in [2.45, 2.75) is 0 Å². The fourth-order valence-corrected chi connectivity index (χ4v) is 1.65. The van der Waals surface area contributed by atoms with Crippen molar-refractivity contribution in [1.29, 1.82) is 0 Å². The lowest BCUT2D eigenvalue weighted by Gasteiger charge is -1.96. The van der Waals surface area contributed by atoms with Crippen molar-refractivity contribution >= 4 is 28.5 Å². The van der Waals surface area contributed by atoms with Gasteiger partial charge < -0.3 is 5.73 Å². The molecule has 0 saturated carbocycles. The lowest BCUT2D eigenvalue weighted by Crippen LogP contribution is -1.94. The molecule has 88 valence electrons. The maximum atomic E-state index is 13.2. The quantitative estimate of drug-likeness (QED) is 0.653. The SMILES string of the molecule is Nc1csc(NN=Cc2ccc(F)cc2F)n1. The van der Waals surface area contributed by atoms with E-state index in [0.717, 1.165) is 12.1 Å². The number of nitrogens with zero attached hydrogens (tertiary/aromatic N) is 2. The number of hydrogen-bond acceptors (Lipinski definition) is 5. The molecule has 0 atom stereocenters. The van der Waals surface area contributed by atoms with Crippen LogP contribution in [-0.4, -0.2) is 11.2 Å². The van der Waals surface area contributed by atoms with Gasteiger partial charge in [0.2, 0.25) is 5.13 Å². The summed E-state index contributed by atoms with van der Waals surface area (Å²) in [6.45, 7) is 0. The third-order valence-electron chi connectivity index (χ3n) is 1.85. The number of hydrazone groups is 1. The van der Waals surface area contributed by atoms with Crippen LogP contribution in [0.2, 0.25) is 0 Å². The van der Waals surface area contributed by atoms with E-state index in [1.54, 1.807) is 5.38 Å². The van der Waals surface area contributed by atoms with E-state index in [4.69, 9.17) is 5.73 Å². The Morgan fingerprint density at radius 1 is 1.41 bits per heavy atom. The predicted octanol–water partition coefficient (Wildman–Crippen LogP) is 2.45. The maximum absolute atomic E-state index is 13.2. The molecule has 0 aliphatic heterocycles. The van der Waals surface area contributed by atoms with Crippen LogP contribution < -0.4 is 11.2 Å². The van der Waals surface area contributed by atoms with Gasteiger partial charge in [-0.05, 0) is 12.1 Å². The van der Waals surface area contributed by atoms with E-state index in [2.05, 4.69) is 15.5 Å². The molecule has 1 aromatic heterocycles. The van der Waals surface area contributed by atoms with Crippen molar-refractivity contribution in [3.63, 3.8) is 0 Å². The van der Waals surface area contributed by atoms with Gasteiger partial charge in [0.15, 0.2) is 0 Å². The highest BCUT2D eigenvalue weighted by Gasteiger charge is 2.01. The Morgan fingerprint density at radius 2 is 2.24 bits per heavy atom. The highest BCUT2D eigenvalue weighted by Crippen LogP contribution is 2.16. The number of halogens is 2. The molecule has 0 saturated heterocycles. The Hall–Kier alpha value is -2.02. The van der Waals surface area contributed by atoms with Crippen molar-refractivity contribution in [2.24, 2.45) is 5.10 Å². The molecular formula is C10H8F2N4S. The molecule has 0 unspecified atom stereocenters. The van der Waals surface area contributed by atoms with Gasteiger partial charge in [0, 0.05) is 17.0 Å². The lowest BCUT2D eigenvalue weighted by molar-refractivity contribution is 0.582. The number of aromatic nitrogens is 1. The minimum atomic E-state index is -0.672. The minimum absolute atomic E-state index is 0.184. The third-order valence-corrected chi connectivity index (χ3v) is 2.61. The zero-order chi connectivity index (χ0) is 12.3. The number of anilines is 2. The van der Waals surface area contributed by atoms with E-state index in [1.165, 1.54) is 23.6 Å². The van der Waals surface area contributed by atoms with E-state index in [1.807, 2.05) is 0 Å². The third kappa shape index (κ3) is 2.97. The summed E-state index contributed by atoms with van der Waals surface area (Å²) in [4.78, 5) is 3.90. The number of hydrogen-bond donors (Lipinski definition) is 2. The molecule has 2 rings (SSSR count). The number of nitrogens with two attached hydrogens (primary N) is 1. The summed E-state index contributed by atoms with van der Waals surface area (Å²) >= 11 is 1.28. The standard InChI is InChI=1S/C10H8F2N4S/c11-7-2-1-6(8(12)3-7)4-14-16-10-15-9(13)5-17-10/h1-5H,13H2,(H,15,16). The fourth-order valence-electron chi connectivity index (χ4n) is 1.10. The van der Waals surface area contributed by atoms with E-state index >= 15 is 0 Å². The molecule has 1 heterocycles. The van der Waals surface area contributed by atoms with Gasteiger partial charge in [0.05, 0.1) is 6.21 Å². The zero-order valence-electron chi connectivity index (χ0n) is 8.52. The fraction of sp³-hybridized carbons (Fsp3) is 0. The molecule has 4 nitrogen and oxygen atoms in total. The molecule has 0 aliphatic carbocycles. The van der Waals surface area contributed by atoms with Crippen LogP contribution in [0.4, 0.5) is 19.7 Å². The summed E-state index contributed by atoms with van der Waals surface area (Å²) in [6.07, 6.45) is 1.24. The van der Waals surface area contributed by atoms with Crippen molar-refractivity contribution in [2.75, 3.05) is 11.2 Å². The Balaban J connectivity index is 2.05. The van der Waals surface area contributed by atoms with Crippen LogP contribution in [0.15, 0.2) is 28.7 Å². The van der Waals surface area contributed by atoms with Crippen LogP contribution in [-0.2, 0) is 0 Å². The van der Waals surface area contributed by atoms with E-state index in [-0.39, 0.29) is 5.56 Å². The van der Waals surface area contributed by atoms with Gasteiger partial charge in [-0.3, -0.25) is 5.43 Å². The Labute approximate surface area is 99.8 Å². The van der Waals surface area contributed by atoms with Crippen LogP contribution in [0.25, 0.3) is 0 Å². The highest BCUT2D eigenvalue weighted by atomic mass is 32.1.